The third kappa shape index (κ3) is 1.95. The minimum atomic E-state index is -0.373. The van der Waals surface area contributed by atoms with Gasteiger partial charge >= 0.3 is 0 Å². The molecule has 2 nitrogen and oxygen atoms in total. The highest BCUT2D eigenvalue weighted by Crippen LogP contribution is 2.31. The van der Waals surface area contributed by atoms with Gasteiger partial charge in [-0.05, 0) is 11.6 Å². The average molecular weight is 285 g/mol. The van der Waals surface area contributed by atoms with Crippen LogP contribution in [0.15, 0.2) is 48.5 Å². The summed E-state index contributed by atoms with van der Waals surface area (Å²) >= 11 is 6.25. The lowest BCUT2D eigenvalue weighted by atomic mass is 10.2. The lowest BCUT2D eigenvalue weighted by Gasteiger charge is -2.07. The summed E-state index contributed by atoms with van der Waals surface area (Å²) in [6.45, 7) is 0.429. The van der Waals surface area contributed by atoms with Gasteiger partial charge in [0, 0.05) is 11.9 Å². The number of para-hydroxylation sites is 1. The van der Waals surface area contributed by atoms with Crippen molar-refractivity contribution in [3.8, 4) is 6.07 Å². The lowest BCUT2D eigenvalue weighted by Crippen LogP contribution is -2.00. The molecule has 2 aromatic carbocycles. The predicted molar refractivity (Wildman–Crippen MR) is 77.2 cm³/mol. The highest BCUT2D eigenvalue weighted by Gasteiger charge is 2.18. The van der Waals surface area contributed by atoms with Crippen LogP contribution in [-0.4, -0.2) is 4.57 Å². The van der Waals surface area contributed by atoms with E-state index in [9.17, 15) is 9.65 Å². The molecule has 0 atom stereocenters. The number of fused-ring (bicyclic) bond motifs is 1. The van der Waals surface area contributed by atoms with Crippen molar-refractivity contribution in [2.45, 2.75) is 6.54 Å². The maximum Gasteiger partial charge on any atom is 0.147 e. The Labute approximate surface area is 120 Å². The second kappa shape index (κ2) is 4.99. The van der Waals surface area contributed by atoms with Crippen LogP contribution in [0.25, 0.3) is 10.9 Å². The van der Waals surface area contributed by atoms with Gasteiger partial charge in [-0.25, -0.2) is 4.39 Å². The first-order valence-electron chi connectivity index (χ1n) is 6.12. The summed E-state index contributed by atoms with van der Waals surface area (Å²) in [7, 11) is 0. The molecule has 0 saturated carbocycles. The summed E-state index contributed by atoms with van der Waals surface area (Å²) in [5, 5.41) is 10.0. The van der Waals surface area contributed by atoms with Gasteiger partial charge in [0.15, 0.2) is 0 Å². The molecule has 0 aliphatic carbocycles. The van der Waals surface area contributed by atoms with Crippen molar-refractivity contribution in [1.29, 1.82) is 5.26 Å². The molecule has 3 aromatic rings. The highest BCUT2D eigenvalue weighted by molar-refractivity contribution is 6.32. The fourth-order valence-corrected chi connectivity index (χ4v) is 2.64. The summed E-state index contributed by atoms with van der Waals surface area (Å²) in [6.07, 6.45) is 0. The molecule has 20 heavy (non-hydrogen) atoms. The second-order valence-electron chi connectivity index (χ2n) is 4.49. The molecule has 0 aliphatic rings. The van der Waals surface area contributed by atoms with Gasteiger partial charge in [-0.1, -0.05) is 54.1 Å². The van der Waals surface area contributed by atoms with E-state index in [0.717, 1.165) is 5.56 Å². The Kier molecular flexibility index (Phi) is 3.17. The van der Waals surface area contributed by atoms with Crippen LogP contribution in [-0.2, 0) is 6.54 Å². The minimum Gasteiger partial charge on any atom is -0.324 e. The largest absolute Gasteiger partial charge is 0.324 e. The molecular formula is C16H10ClFN2. The zero-order valence-corrected chi connectivity index (χ0v) is 11.2. The van der Waals surface area contributed by atoms with Crippen LogP contribution in [0.1, 0.15) is 11.1 Å². The topological polar surface area (TPSA) is 28.7 Å². The molecule has 0 N–H and O–H groups in total. The first-order chi connectivity index (χ1) is 9.72. The molecule has 3 rings (SSSR count). The number of hydrogen-bond donors (Lipinski definition) is 0. The Balaban J connectivity index is 2.25. The predicted octanol–water partition coefficient (Wildman–Crippen LogP) is 4.35. The van der Waals surface area contributed by atoms with Crippen LogP contribution >= 0.6 is 11.6 Å². The molecule has 0 fully saturated rings. The number of nitriles is 1. The van der Waals surface area contributed by atoms with Crippen LogP contribution < -0.4 is 0 Å². The molecule has 1 aromatic heterocycles. The van der Waals surface area contributed by atoms with E-state index in [1.807, 2.05) is 30.3 Å². The summed E-state index contributed by atoms with van der Waals surface area (Å²) in [5.41, 5.74) is 1.69. The Morgan fingerprint density at radius 1 is 1.10 bits per heavy atom. The van der Waals surface area contributed by atoms with E-state index in [0.29, 0.717) is 23.0 Å². The number of nitrogens with zero attached hydrogens (tertiary/aromatic N) is 2. The van der Waals surface area contributed by atoms with Crippen LogP contribution in [0.3, 0.4) is 0 Å². The quantitative estimate of drug-likeness (QED) is 0.687. The molecule has 1 heterocycles. The van der Waals surface area contributed by atoms with Crippen molar-refractivity contribution >= 4 is 22.5 Å². The normalized spacial score (nSPS) is 10.7. The molecule has 0 aliphatic heterocycles. The number of rotatable bonds is 2. The van der Waals surface area contributed by atoms with Crippen LogP contribution in [0.2, 0.25) is 5.15 Å². The maximum atomic E-state index is 14.1. The van der Waals surface area contributed by atoms with Gasteiger partial charge in [-0.3, -0.25) is 0 Å². The Bertz CT molecular complexity index is 816. The molecule has 4 heteroatoms. The zero-order valence-electron chi connectivity index (χ0n) is 10.5. The van der Waals surface area contributed by atoms with Crippen LogP contribution in [0, 0.1) is 17.1 Å². The van der Waals surface area contributed by atoms with Crippen molar-refractivity contribution in [3.05, 3.63) is 70.6 Å². The number of aromatic nitrogens is 1. The van der Waals surface area contributed by atoms with Gasteiger partial charge in [0.25, 0.3) is 0 Å². The van der Waals surface area contributed by atoms with Gasteiger partial charge in [0.05, 0.1) is 11.1 Å². The van der Waals surface area contributed by atoms with Gasteiger partial charge in [-0.2, -0.15) is 5.26 Å². The monoisotopic (exact) mass is 284 g/mol. The van der Waals surface area contributed by atoms with Crippen LogP contribution in [0.4, 0.5) is 4.39 Å². The summed E-state index contributed by atoms with van der Waals surface area (Å²) in [4.78, 5) is 0. The van der Waals surface area contributed by atoms with E-state index in [1.165, 1.54) is 6.07 Å². The average Bonchev–Trinajstić information content (AvgIpc) is 2.73. The summed E-state index contributed by atoms with van der Waals surface area (Å²) in [5.74, 6) is -0.373. The number of halogens is 2. The SMILES string of the molecule is N#Cc1c(Cl)n(Cc2ccccc2)c2c(F)cccc12. The fraction of sp³-hybridized carbons (Fsp3) is 0.0625. The molecule has 0 amide bonds. The van der Waals surface area contributed by atoms with E-state index in [-0.39, 0.29) is 11.0 Å². The Morgan fingerprint density at radius 3 is 2.55 bits per heavy atom. The van der Waals surface area contributed by atoms with Crippen molar-refractivity contribution in [2.75, 3.05) is 0 Å². The maximum absolute atomic E-state index is 14.1. The van der Waals surface area contributed by atoms with Gasteiger partial charge in [-0.15, -0.1) is 0 Å². The van der Waals surface area contributed by atoms with E-state index >= 15 is 0 Å². The molecule has 0 spiro atoms. The molecular weight excluding hydrogens is 275 g/mol. The molecule has 98 valence electrons. The molecule has 0 saturated heterocycles. The lowest BCUT2D eigenvalue weighted by molar-refractivity contribution is 0.628. The number of hydrogen-bond acceptors (Lipinski definition) is 1. The smallest absolute Gasteiger partial charge is 0.147 e. The zero-order chi connectivity index (χ0) is 14.1. The van der Waals surface area contributed by atoms with E-state index in [1.54, 1.807) is 16.7 Å². The first kappa shape index (κ1) is 12.7. The van der Waals surface area contributed by atoms with E-state index in [2.05, 4.69) is 6.07 Å². The summed E-state index contributed by atoms with van der Waals surface area (Å²) in [6, 6.07) is 16.3. The van der Waals surface area contributed by atoms with Crippen molar-refractivity contribution in [1.82, 2.24) is 4.57 Å². The van der Waals surface area contributed by atoms with Crippen molar-refractivity contribution in [2.24, 2.45) is 0 Å². The highest BCUT2D eigenvalue weighted by atomic mass is 35.5. The Morgan fingerprint density at radius 2 is 1.85 bits per heavy atom. The van der Waals surface area contributed by atoms with Gasteiger partial charge < -0.3 is 4.57 Å². The first-order valence-corrected chi connectivity index (χ1v) is 6.50. The van der Waals surface area contributed by atoms with Gasteiger partial charge in [0.1, 0.15) is 17.0 Å². The molecule has 0 radical (unpaired) electrons. The van der Waals surface area contributed by atoms with E-state index < -0.39 is 0 Å². The Hall–Kier alpha value is -2.31. The molecule has 0 unspecified atom stereocenters. The minimum absolute atomic E-state index is 0.274. The molecule has 0 bridgehead atoms. The van der Waals surface area contributed by atoms with E-state index in [4.69, 9.17) is 11.6 Å². The van der Waals surface area contributed by atoms with Crippen molar-refractivity contribution in [3.63, 3.8) is 0 Å². The standard InChI is InChI=1S/C16H10ClFN2/c17-16-13(9-19)12-7-4-8-14(18)15(12)20(16)10-11-5-2-1-3-6-11/h1-8H,10H2. The van der Waals surface area contributed by atoms with Crippen LogP contribution in [0.5, 0.6) is 0 Å². The third-order valence-corrected chi connectivity index (χ3v) is 3.66. The third-order valence-electron chi connectivity index (χ3n) is 3.26. The van der Waals surface area contributed by atoms with Gasteiger partial charge in [0.2, 0.25) is 0 Å². The van der Waals surface area contributed by atoms with Crippen molar-refractivity contribution < 1.29 is 4.39 Å². The fourth-order valence-electron chi connectivity index (χ4n) is 2.36. The second-order valence-corrected chi connectivity index (χ2v) is 4.84. The number of benzene rings is 2. The summed E-state index contributed by atoms with van der Waals surface area (Å²) < 4.78 is 15.7.